The first kappa shape index (κ1) is 20.7. The Morgan fingerprint density at radius 1 is 1.46 bits per heavy atom. The molecule has 9 heteroatoms. The van der Waals surface area contributed by atoms with E-state index in [4.69, 9.17) is 16.3 Å². The van der Waals surface area contributed by atoms with E-state index in [0.717, 1.165) is 0 Å². The quantitative estimate of drug-likeness (QED) is 0.805. The monoisotopic (exact) mass is 410 g/mol. The Morgan fingerprint density at radius 3 is 2.93 bits per heavy atom. The molecule has 2 heterocycles. The molecular formula is C19H24ClFN4O3. The Balaban J connectivity index is 1.79. The van der Waals surface area contributed by atoms with Crippen LogP contribution in [0.15, 0.2) is 23.3 Å². The van der Waals surface area contributed by atoms with Gasteiger partial charge in [0.15, 0.2) is 0 Å². The van der Waals surface area contributed by atoms with Crippen molar-refractivity contribution in [3.05, 3.63) is 34.6 Å². The van der Waals surface area contributed by atoms with Crippen molar-refractivity contribution in [1.29, 1.82) is 0 Å². The number of rotatable bonds is 5. The van der Waals surface area contributed by atoms with Crippen molar-refractivity contribution < 1.29 is 18.7 Å². The van der Waals surface area contributed by atoms with Crippen LogP contribution in [0.1, 0.15) is 31.4 Å². The predicted octanol–water partition coefficient (Wildman–Crippen LogP) is 1.97. The van der Waals surface area contributed by atoms with Gasteiger partial charge in [-0.05, 0) is 19.1 Å². The highest BCUT2D eigenvalue weighted by Gasteiger charge is 2.30. The molecule has 1 aromatic rings. The van der Waals surface area contributed by atoms with Gasteiger partial charge in [0, 0.05) is 50.1 Å². The third kappa shape index (κ3) is 4.68. The van der Waals surface area contributed by atoms with Gasteiger partial charge in [0.2, 0.25) is 5.91 Å². The summed E-state index contributed by atoms with van der Waals surface area (Å²) in [4.78, 5) is 26.2. The minimum Gasteiger partial charge on any atom is -0.376 e. The van der Waals surface area contributed by atoms with Crippen LogP contribution in [0.5, 0.6) is 0 Å². The van der Waals surface area contributed by atoms with Gasteiger partial charge in [-0.3, -0.25) is 14.5 Å². The van der Waals surface area contributed by atoms with E-state index in [-0.39, 0.29) is 43.0 Å². The van der Waals surface area contributed by atoms with Crippen molar-refractivity contribution in [3.8, 4) is 0 Å². The molecule has 2 atom stereocenters. The predicted molar refractivity (Wildman–Crippen MR) is 104 cm³/mol. The average Bonchev–Trinajstić information content (AvgIpc) is 2.66. The fourth-order valence-electron chi connectivity index (χ4n) is 3.50. The molecule has 0 unspecified atom stereocenters. The number of hydrazone groups is 1. The minimum absolute atomic E-state index is 0.000109. The van der Waals surface area contributed by atoms with Gasteiger partial charge < -0.3 is 10.1 Å². The Hall–Kier alpha value is -2.03. The molecule has 1 saturated heterocycles. The smallest absolute Gasteiger partial charge is 0.267 e. The van der Waals surface area contributed by atoms with Gasteiger partial charge in [0.05, 0.1) is 18.8 Å². The maximum absolute atomic E-state index is 14.6. The maximum Gasteiger partial charge on any atom is 0.267 e. The number of benzene rings is 1. The zero-order valence-electron chi connectivity index (χ0n) is 16.0. The lowest BCUT2D eigenvalue weighted by Gasteiger charge is -2.38. The van der Waals surface area contributed by atoms with Crippen LogP contribution in [0.4, 0.5) is 4.39 Å². The van der Waals surface area contributed by atoms with E-state index in [1.807, 2.05) is 6.92 Å². The van der Waals surface area contributed by atoms with E-state index >= 15 is 0 Å². The molecule has 0 aliphatic carbocycles. The van der Waals surface area contributed by atoms with Crippen LogP contribution in [0.25, 0.3) is 0 Å². The van der Waals surface area contributed by atoms with E-state index in [9.17, 15) is 14.0 Å². The van der Waals surface area contributed by atoms with Crippen molar-refractivity contribution in [2.45, 2.75) is 31.9 Å². The third-order valence-corrected chi connectivity index (χ3v) is 5.30. The molecule has 2 aliphatic heterocycles. The number of hydrogen-bond acceptors (Lipinski definition) is 5. The van der Waals surface area contributed by atoms with Crippen LogP contribution >= 0.6 is 11.6 Å². The summed E-state index contributed by atoms with van der Waals surface area (Å²) in [6.45, 7) is 3.85. The summed E-state index contributed by atoms with van der Waals surface area (Å²) in [6, 6.07) is 4.13. The van der Waals surface area contributed by atoms with Crippen LogP contribution in [0.2, 0.25) is 5.02 Å². The van der Waals surface area contributed by atoms with Gasteiger partial charge >= 0.3 is 0 Å². The number of halogens is 2. The first-order chi connectivity index (χ1) is 13.4. The average molecular weight is 411 g/mol. The van der Waals surface area contributed by atoms with Gasteiger partial charge in [0.1, 0.15) is 11.5 Å². The summed E-state index contributed by atoms with van der Waals surface area (Å²) in [5.74, 6) is -0.904. The van der Waals surface area contributed by atoms with Gasteiger partial charge in [-0.25, -0.2) is 9.40 Å². The normalized spacial score (nSPS) is 22.0. The SMILES string of the molecule is C[C@H]1CN([C@@H](CNC(=O)C2=NN(C)C(=O)CC2)c2c(F)cccc2Cl)CCO1. The van der Waals surface area contributed by atoms with Crippen LogP contribution in [0.3, 0.4) is 0 Å². The van der Waals surface area contributed by atoms with Gasteiger partial charge in [-0.1, -0.05) is 17.7 Å². The molecule has 1 fully saturated rings. The molecule has 0 bridgehead atoms. The van der Waals surface area contributed by atoms with Crippen LogP contribution in [-0.4, -0.2) is 66.8 Å². The van der Waals surface area contributed by atoms with Gasteiger partial charge in [-0.15, -0.1) is 0 Å². The fraction of sp³-hybridized carbons (Fsp3) is 0.526. The van der Waals surface area contributed by atoms with E-state index < -0.39 is 11.9 Å². The molecule has 0 aromatic heterocycles. The van der Waals surface area contributed by atoms with Gasteiger partial charge in [-0.2, -0.15) is 5.10 Å². The first-order valence-electron chi connectivity index (χ1n) is 9.28. The molecule has 2 amide bonds. The number of nitrogens with one attached hydrogen (secondary N) is 1. The molecule has 0 spiro atoms. The summed E-state index contributed by atoms with van der Waals surface area (Å²) in [5, 5.41) is 8.36. The molecule has 2 aliphatic rings. The zero-order valence-corrected chi connectivity index (χ0v) is 16.7. The maximum atomic E-state index is 14.6. The first-order valence-corrected chi connectivity index (χ1v) is 9.66. The lowest BCUT2D eigenvalue weighted by molar-refractivity contribution is -0.130. The number of nitrogens with zero attached hydrogens (tertiary/aromatic N) is 3. The van der Waals surface area contributed by atoms with Crippen LogP contribution < -0.4 is 5.32 Å². The van der Waals surface area contributed by atoms with Crippen LogP contribution in [-0.2, 0) is 14.3 Å². The molecule has 152 valence electrons. The molecule has 1 aromatic carbocycles. The Labute approximate surface area is 168 Å². The minimum atomic E-state index is -0.437. The fourth-order valence-corrected chi connectivity index (χ4v) is 3.78. The van der Waals surface area contributed by atoms with E-state index in [2.05, 4.69) is 15.3 Å². The number of morpholine rings is 1. The lowest BCUT2D eigenvalue weighted by Crippen LogP contribution is -2.48. The second kappa shape index (κ2) is 8.98. The van der Waals surface area contributed by atoms with Crippen molar-refractivity contribution in [3.63, 3.8) is 0 Å². The highest BCUT2D eigenvalue weighted by molar-refractivity contribution is 6.39. The van der Waals surface area contributed by atoms with Crippen molar-refractivity contribution in [1.82, 2.24) is 15.2 Å². The Bertz CT molecular complexity index is 768. The number of amides is 2. The topological polar surface area (TPSA) is 74.2 Å². The summed E-state index contributed by atoms with van der Waals surface area (Å²) < 4.78 is 20.2. The second-order valence-electron chi connectivity index (χ2n) is 7.00. The summed E-state index contributed by atoms with van der Waals surface area (Å²) in [6.07, 6.45) is 0.529. The lowest BCUT2D eigenvalue weighted by atomic mass is 10.0. The number of carbonyl (C=O) groups is 2. The number of hydrogen-bond donors (Lipinski definition) is 1. The molecule has 3 rings (SSSR count). The summed E-state index contributed by atoms with van der Waals surface area (Å²) >= 11 is 6.30. The summed E-state index contributed by atoms with van der Waals surface area (Å²) in [7, 11) is 1.52. The van der Waals surface area contributed by atoms with E-state index in [1.54, 1.807) is 12.1 Å². The molecular weight excluding hydrogens is 387 g/mol. The molecule has 0 radical (unpaired) electrons. The molecule has 7 nitrogen and oxygen atoms in total. The Morgan fingerprint density at radius 2 is 2.25 bits per heavy atom. The van der Waals surface area contributed by atoms with E-state index in [0.29, 0.717) is 30.3 Å². The van der Waals surface area contributed by atoms with Gasteiger partial charge in [0.25, 0.3) is 5.91 Å². The largest absolute Gasteiger partial charge is 0.376 e. The van der Waals surface area contributed by atoms with E-state index in [1.165, 1.54) is 18.1 Å². The molecule has 1 N–H and O–H groups in total. The second-order valence-corrected chi connectivity index (χ2v) is 7.41. The van der Waals surface area contributed by atoms with Crippen molar-refractivity contribution in [2.24, 2.45) is 5.10 Å². The van der Waals surface area contributed by atoms with Crippen molar-refractivity contribution in [2.75, 3.05) is 33.3 Å². The highest BCUT2D eigenvalue weighted by Crippen LogP contribution is 2.31. The zero-order chi connectivity index (χ0) is 20.3. The van der Waals surface area contributed by atoms with Crippen molar-refractivity contribution >= 4 is 29.1 Å². The third-order valence-electron chi connectivity index (χ3n) is 4.97. The molecule has 0 saturated carbocycles. The standard InChI is InChI=1S/C19H24ClFN4O3/c1-12-11-25(8-9-28-12)16(18-13(20)4-3-5-14(18)21)10-22-19(27)15-6-7-17(26)24(2)23-15/h3-5,12,16H,6-11H2,1-2H3,(H,22,27)/t12-,16-/m0/s1. The Kier molecular flexibility index (Phi) is 6.64. The highest BCUT2D eigenvalue weighted by atomic mass is 35.5. The van der Waals surface area contributed by atoms with Crippen LogP contribution in [0, 0.1) is 5.82 Å². The number of ether oxygens (including phenoxy) is 1. The summed E-state index contributed by atoms with van der Waals surface area (Å²) in [5.41, 5.74) is 0.646. The number of carbonyl (C=O) groups excluding carboxylic acids is 2. The molecule has 28 heavy (non-hydrogen) atoms.